The fourth-order valence-electron chi connectivity index (χ4n) is 13.9. The molecular weight excluding hydrogens is 771 g/mol. The summed E-state index contributed by atoms with van der Waals surface area (Å²) in [6.45, 7) is 16.9. The number of benzene rings is 8. The van der Waals surface area contributed by atoms with Crippen molar-refractivity contribution in [3.63, 3.8) is 0 Å². The first kappa shape index (κ1) is 36.9. The number of aryl methyl sites for hydroxylation is 1. The minimum absolute atomic E-state index is 0.0571. The van der Waals surface area contributed by atoms with Crippen molar-refractivity contribution in [2.45, 2.75) is 83.0 Å². The highest BCUT2D eigenvalue weighted by molar-refractivity contribution is 6.93. The van der Waals surface area contributed by atoms with Crippen LogP contribution in [0.15, 0.2) is 158 Å². The third-order valence-electron chi connectivity index (χ3n) is 16.9. The third-order valence-corrected chi connectivity index (χ3v) is 16.9. The average molecular weight is 823 g/mol. The van der Waals surface area contributed by atoms with Crippen LogP contribution in [0.3, 0.4) is 0 Å². The molecule has 2 nitrogen and oxygen atoms in total. The van der Waals surface area contributed by atoms with Gasteiger partial charge in [-0.1, -0.05) is 175 Å². The van der Waals surface area contributed by atoms with Gasteiger partial charge in [0.25, 0.3) is 0 Å². The Bertz CT molecular complexity index is 3370. The highest BCUT2D eigenvalue weighted by Crippen LogP contribution is 2.65. The minimum Gasteiger partial charge on any atom is -0.376 e. The zero-order valence-corrected chi connectivity index (χ0v) is 37.9. The van der Waals surface area contributed by atoms with Crippen LogP contribution < -0.4 is 20.6 Å². The molecule has 8 aromatic carbocycles. The van der Waals surface area contributed by atoms with Crippen LogP contribution in [0.4, 0.5) is 28.4 Å². The predicted octanol–water partition coefficient (Wildman–Crippen LogP) is 14.0. The molecule has 14 rings (SSSR count). The quantitative estimate of drug-likeness (QED) is 0.152. The molecule has 3 heterocycles. The summed E-state index contributed by atoms with van der Waals surface area (Å²) in [5.41, 5.74) is 29.4. The van der Waals surface area contributed by atoms with Gasteiger partial charge in [0.2, 0.25) is 0 Å². The summed E-state index contributed by atoms with van der Waals surface area (Å²) in [7, 11) is 0. The Morgan fingerprint density at radius 1 is 0.438 bits per heavy atom. The van der Waals surface area contributed by atoms with Crippen molar-refractivity contribution in [3.8, 4) is 33.4 Å². The Kier molecular flexibility index (Phi) is 6.88. The Morgan fingerprint density at radius 2 is 1.05 bits per heavy atom. The fraction of sp³-hybridized carbons (Fsp3) is 0.213. The first-order valence-electron chi connectivity index (χ1n) is 23.5. The van der Waals surface area contributed by atoms with E-state index >= 15 is 0 Å². The Labute approximate surface area is 378 Å². The highest BCUT2D eigenvalue weighted by Gasteiger charge is 2.56. The molecule has 64 heavy (non-hydrogen) atoms. The predicted molar refractivity (Wildman–Crippen MR) is 269 cm³/mol. The first-order valence-corrected chi connectivity index (χ1v) is 23.5. The largest absolute Gasteiger partial charge is 0.376 e. The summed E-state index contributed by atoms with van der Waals surface area (Å²) in [6, 6.07) is 61.8. The van der Waals surface area contributed by atoms with E-state index in [1.54, 1.807) is 0 Å². The van der Waals surface area contributed by atoms with Crippen LogP contribution in [0, 0.1) is 6.92 Å². The summed E-state index contributed by atoms with van der Waals surface area (Å²) >= 11 is 0. The lowest BCUT2D eigenvalue weighted by Crippen LogP contribution is -2.63. The maximum atomic E-state index is 2.82. The van der Waals surface area contributed by atoms with Gasteiger partial charge in [-0.3, -0.25) is 0 Å². The lowest BCUT2D eigenvalue weighted by Gasteiger charge is -2.52. The number of hydrogen-bond donors (Lipinski definition) is 0. The molecule has 0 radical (unpaired) electrons. The van der Waals surface area contributed by atoms with Crippen molar-refractivity contribution < 1.29 is 0 Å². The van der Waals surface area contributed by atoms with Crippen molar-refractivity contribution in [3.05, 3.63) is 208 Å². The molecule has 308 valence electrons. The molecule has 0 unspecified atom stereocenters. The molecular formula is C61H51BN2. The van der Waals surface area contributed by atoms with E-state index in [0.29, 0.717) is 0 Å². The van der Waals surface area contributed by atoms with Crippen LogP contribution in [-0.2, 0) is 21.7 Å². The monoisotopic (exact) mass is 822 g/mol. The van der Waals surface area contributed by atoms with Gasteiger partial charge in [0, 0.05) is 39.3 Å². The lowest BCUT2D eigenvalue weighted by molar-refractivity contribution is 0.332. The van der Waals surface area contributed by atoms with E-state index in [2.05, 4.69) is 216 Å². The summed E-state index contributed by atoms with van der Waals surface area (Å²) in [5, 5.41) is 0. The zero-order valence-electron chi connectivity index (χ0n) is 37.9. The third kappa shape index (κ3) is 4.26. The Hall–Kier alpha value is -6.58. The van der Waals surface area contributed by atoms with Gasteiger partial charge in [-0.15, -0.1) is 0 Å². The second kappa shape index (κ2) is 12.0. The summed E-state index contributed by atoms with van der Waals surface area (Å²) in [4.78, 5) is 5.49. The van der Waals surface area contributed by atoms with Crippen molar-refractivity contribution in [2.75, 3.05) is 9.71 Å². The first-order chi connectivity index (χ1) is 30.9. The van der Waals surface area contributed by atoms with Gasteiger partial charge in [0.1, 0.15) is 0 Å². The van der Waals surface area contributed by atoms with Gasteiger partial charge < -0.3 is 9.71 Å². The van der Waals surface area contributed by atoms with E-state index in [-0.39, 0.29) is 23.1 Å². The van der Waals surface area contributed by atoms with Crippen molar-refractivity contribution in [1.82, 2.24) is 0 Å². The molecule has 8 aromatic rings. The zero-order chi connectivity index (χ0) is 43.2. The minimum atomic E-state index is -0.487. The fourth-order valence-corrected chi connectivity index (χ4v) is 13.9. The molecule has 3 aliphatic carbocycles. The van der Waals surface area contributed by atoms with Crippen LogP contribution in [0.2, 0.25) is 0 Å². The van der Waals surface area contributed by atoms with E-state index < -0.39 is 5.41 Å². The van der Waals surface area contributed by atoms with Crippen LogP contribution in [0.1, 0.15) is 104 Å². The number of anilines is 5. The number of fused-ring (bicyclic) bond motifs is 18. The maximum absolute atomic E-state index is 2.82. The van der Waals surface area contributed by atoms with Gasteiger partial charge in [0.05, 0.1) is 11.1 Å². The molecule has 3 heteroatoms. The van der Waals surface area contributed by atoms with Gasteiger partial charge in [-0.25, -0.2) is 0 Å². The van der Waals surface area contributed by atoms with Crippen LogP contribution in [0.5, 0.6) is 0 Å². The van der Waals surface area contributed by atoms with E-state index in [0.717, 1.165) is 0 Å². The topological polar surface area (TPSA) is 6.48 Å². The van der Waals surface area contributed by atoms with Crippen LogP contribution in [0.25, 0.3) is 33.4 Å². The van der Waals surface area contributed by atoms with Crippen molar-refractivity contribution in [1.29, 1.82) is 0 Å². The normalized spacial score (nSPS) is 18.2. The molecule has 0 fully saturated rings. The van der Waals surface area contributed by atoms with Crippen LogP contribution in [-0.4, -0.2) is 6.85 Å². The van der Waals surface area contributed by atoms with Crippen LogP contribution >= 0.6 is 0 Å². The molecule has 0 saturated heterocycles. The molecule has 3 aliphatic heterocycles. The van der Waals surface area contributed by atoms with Gasteiger partial charge >= 0.3 is 6.85 Å². The highest BCUT2D eigenvalue weighted by atomic mass is 15.2. The van der Waals surface area contributed by atoms with E-state index in [4.69, 9.17) is 0 Å². The van der Waals surface area contributed by atoms with Crippen molar-refractivity contribution in [2.24, 2.45) is 0 Å². The summed E-state index contributed by atoms with van der Waals surface area (Å²) in [5.74, 6) is 0. The molecule has 0 bridgehead atoms. The van der Waals surface area contributed by atoms with E-state index in [9.17, 15) is 0 Å². The second-order valence-electron chi connectivity index (χ2n) is 21.5. The van der Waals surface area contributed by atoms with Gasteiger partial charge in [-0.05, 0) is 138 Å². The number of nitrogens with zero attached hydrogens (tertiary/aromatic N) is 2. The summed E-state index contributed by atoms with van der Waals surface area (Å²) < 4.78 is 0. The Morgan fingerprint density at radius 3 is 1.78 bits per heavy atom. The maximum Gasteiger partial charge on any atom is 0.333 e. The van der Waals surface area contributed by atoms with Gasteiger partial charge in [-0.2, -0.15) is 0 Å². The van der Waals surface area contributed by atoms with E-state index in [1.807, 2.05) is 0 Å². The number of rotatable bonds is 1. The van der Waals surface area contributed by atoms with Crippen molar-refractivity contribution >= 4 is 46.2 Å². The number of hydrogen-bond acceptors (Lipinski definition) is 2. The standard InChI is InChI=1S/C61H51BN2/c1-36-33-42-40-28-30-48-54(41-19-10-11-20-43(41)60(48,6)7)56(40)64(37-27-29-46-50(35-37)59(4,5)32-31-58(46,2)3)62-51-25-16-24-49-57(51)63(53(34-36)55(42)62)52-26-15-14-23-47(52)61(49)44-21-12-8-17-38(44)39-18-9-13-22-45(39)61/h8-30,33-35H,31-32H2,1-7H3. The van der Waals surface area contributed by atoms with E-state index in [1.165, 1.54) is 136 Å². The number of para-hydroxylation sites is 2. The van der Waals surface area contributed by atoms with Gasteiger partial charge in [0.15, 0.2) is 0 Å². The SMILES string of the molecule is Cc1cc2c3c(c1)N1c4ccccc4C4(c5ccccc5-c5ccccc54)c4cccc(c41)B3N(c1ccc3c(c1)C(C)(C)CCC3(C)C)c1c-2ccc2c1-c1ccccc1C2(C)C. The molecule has 6 aliphatic rings. The summed E-state index contributed by atoms with van der Waals surface area (Å²) in [6.07, 6.45) is 2.36. The average Bonchev–Trinajstić information content (AvgIpc) is 3.73. The molecule has 0 N–H and O–H groups in total. The molecule has 0 amide bonds. The molecule has 0 saturated carbocycles. The molecule has 0 atom stereocenters. The lowest BCUT2D eigenvalue weighted by atomic mass is 9.42. The Balaban J connectivity index is 1.15. The molecule has 0 aromatic heterocycles. The molecule has 1 spiro atoms. The second-order valence-corrected chi connectivity index (χ2v) is 21.5. The smallest absolute Gasteiger partial charge is 0.333 e.